The van der Waals surface area contributed by atoms with Crippen LogP contribution >= 0.6 is 0 Å². The Morgan fingerprint density at radius 2 is 1.88 bits per heavy atom. The van der Waals surface area contributed by atoms with Crippen molar-refractivity contribution in [3.63, 3.8) is 0 Å². The van der Waals surface area contributed by atoms with Crippen LogP contribution in [0.25, 0.3) is 0 Å². The van der Waals surface area contributed by atoms with E-state index < -0.39 is 34.8 Å². The molecule has 1 aromatic carbocycles. The molecule has 3 rings (SSSR count). The van der Waals surface area contributed by atoms with Crippen LogP contribution in [0.4, 0.5) is 8.78 Å². The van der Waals surface area contributed by atoms with Gasteiger partial charge in [-0.1, -0.05) is 19.1 Å². The molecule has 0 bridgehead atoms. The number of hydrogen-bond donors (Lipinski definition) is 1. The Kier molecular flexibility index (Phi) is 4.34. The van der Waals surface area contributed by atoms with Gasteiger partial charge >= 0.3 is 0 Å². The van der Waals surface area contributed by atoms with Crippen LogP contribution in [-0.4, -0.2) is 5.71 Å². The van der Waals surface area contributed by atoms with Gasteiger partial charge in [0, 0.05) is 12.0 Å². The maximum absolute atomic E-state index is 14.6. The number of allylic oxidation sites excluding steroid dienone is 2. The lowest BCUT2D eigenvalue weighted by molar-refractivity contribution is 0.278. The van der Waals surface area contributed by atoms with E-state index in [1.165, 1.54) is 6.07 Å². The molecule has 1 fully saturated rings. The molecule has 2 aliphatic rings. The largest absolute Gasteiger partial charge is 0.305 e. The first-order chi connectivity index (χ1) is 12.4. The van der Waals surface area contributed by atoms with E-state index in [2.05, 4.69) is 0 Å². The second-order valence-corrected chi connectivity index (χ2v) is 7.04. The number of benzene rings is 1. The van der Waals surface area contributed by atoms with Crippen LogP contribution in [0.15, 0.2) is 29.8 Å². The van der Waals surface area contributed by atoms with Gasteiger partial charge in [0.15, 0.2) is 5.41 Å². The molecule has 0 aliphatic heterocycles. The summed E-state index contributed by atoms with van der Waals surface area (Å²) >= 11 is 0. The molecule has 0 amide bonds. The highest BCUT2D eigenvalue weighted by Gasteiger charge is 2.58. The summed E-state index contributed by atoms with van der Waals surface area (Å²) in [4.78, 5) is 0. The Morgan fingerprint density at radius 3 is 2.46 bits per heavy atom. The van der Waals surface area contributed by atoms with E-state index >= 15 is 0 Å². The van der Waals surface area contributed by atoms with Crippen molar-refractivity contribution in [2.24, 2.45) is 23.2 Å². The lowest BCUT2D eigenvalue weighted by Crippen LogP contribution is -2.49. The zero-order valence-electron chi connectivity index (χ0n) is 14.1. The van der Waals surface area contributed by atoms with Gasteiger partial charge in [-0.3, -0.25) is 0 Å². The normalized spacial score (nSPS) is 29.5. The average molecular weight is 350 g/mol. The van der Waals surface area contributed by atoms with Crippen molar-refractivity contribution in [1.29, 1.82) is 21.2 Å². The number of hydrogen-bond acceptors (Lipinski definition) is 4. The third kappa shape index (κ3) is 2.40. The Morgan fingerprint density at radius 1 is 1.19 bits per heavy atom. The van der Waals surface area contributed by atoms with Crippen LogP contribution in [0.1, 0.15) is 31.2 Å². The van der Waals surface area contributed by atoms with Crippen molar-refractivity contribution in [2.45, 2.75) is 25.7 Å². The van der Waals surface area contributed by atoms with Crippen molar-refractivity contribution >= 4 is 5.71 Å². The molecule has 1 saturated carbocycles. The molecule has 0 radical (unpaired) electrons. The van der Waals surface area contributed by atoms with Gasteiger partial charge in [-0.15, -0.1) is 0 Å². The topological polar surface area (TPSA) is 95.2 Å². The molecule has 0 spiro atoms. The Labute approximate surface area is 150 Å². The molecular weight excluding hydrogens is 334 g/mol. The zero-order chi connectivity index (χ0) is 19.1. The zero-order valence-corrected chi connectivity index (χ0v) is 14.1. The molecule has 4 nitrogen and oxygen atoms in total. The van der Waals surface area contributed by atoms with Crippen LogP contribution < -0.4 is 0 Å². The molecule has 0 saturated heterocycles. The second kappa shape index (κ2) is 6.36. The summed E-state index contributed by atoms with van der Waals surface area (Å²) in [5, 5.41) is 37.6. The fourth-order valence-electron chi connectivity index (χ4n) is 4.31. The summed E-state index contributed by atoms with van der Waals surface area (Å²) in [7, 11) is 0. The summed E-state index contributed by atoms with van der Waals surface area (Å²) in [5.74, 6) is -3.70. The van der Waals surface area contributed by atoms with Gasteiger partial charge in [-0.05, 0) is 41.9 Å². The SMILES string of the molecule is C[C@@H]1CC=C2C(C#N)C(=N)C(C#N)(C#N)[C@@H](c3ccc(F)cc3F)[C@H]2C1. The molecule has 1 unspecified atom stereocenters. The number of nitrogens with one attached hydrogen (secondary N) is 1. The minimum absolute atomic E-state index is 0.0423. The molecular formula is C20H16F2N4. The second-order valence-electron chi connectivity index (χ2n) is 7.04. The van der Waals surface area contributed by atoms with E-state index in [-0.39, 0.29) is 17.2 Å². The number of nitrogens with zero attached hydrogens (tertiary/aromatic N) is 3. The third-order valence-corrected chi connectivity index (χ3v) is 5.54. The minimum Gasteiger partial charge on any atom is -0.305 e. The minimum atomic E-state index is -1.96. The molecule has 6 heteroatoms. The number of halogens is 2. The monoisotopic (exact) mass is 350 g/mol. The van der Waals surface area contributed by atoms with Crippen LogP contribution in [0.5, 0.6) is 0 Å². The molecule has 1 N–H and O–H groups in total. The third-order valence-electron chi connectivity index (χ3n) is 5.54. The summed E-state index contributed by atoms with van der Waals surface area (Å²) in [6, 6.07) is 8.89. The quantitative estimate of drug-likeness (QED) is 0.768. The maximum Gasteiger partial charge on any atom is 0.189 e. The van der Waals surface area contributed by atoms with Crippen LogP contribution in [0, 0.1) is 74.2 Å². The van der Waals surface area contributed by atoms with Gasteiger partial charge < -0.3 is 5.41 Å². The first-order valence-electron chi connectivity index (χ1n) is 8.35. The van der Waals surface area contributed by atoms with E-state index in [9.17, 15) is 24.6 Å². The smallest absolute Gasteiger partial charge is 0.189 e. The van der Waals surface area contributed by atoms with Gasteiger partial charge in [-0.25, -0.2) is 8.78 Å². The molecule has 1 aromatic rings. The van der Waals surface area contributed by atoms with Gasteiger partial charge in [0.2, 0.25) is 0 Å². The average Bonchev–Trinajstić information content (AvgIpc) is 2.62. The summed E-state index contributed by atoms with van der Waals surface area (Å²) < 4.78 is 28.0. The van der Waals surface area contributed by atoms with E-state index in [0.29, 0.717) is 12.0 Å². The van der Waals surface area contributed by atoms with Crippen molar-refractivity contribution in [1.82, 2.24) is 0 Å². The molecule has 0 heterocycles. The first kappa shape index (κ1) is 17.8. The number of nitriles is 3. The number of fused-ring (bicyclic) bond motifs is 1. The standard InChI is InChI=1S/C20H16F2N4/c1-11-2-4-13-15(6-11)18(14-5-3-12(21)7-17(14)22)20(9-24,10-25)19(26)16(13)8-23/h3-5,7,11,15-16,18,26H,2,6H2,1H3/t11-,15+,16?,18+/m1/s1. The van der Waals surface area contributed by atoms with E-state index in [1.807, 2.05) is 31.2 Å². The predicted octanol–water partition coefficient (Wildman–Crippen LogP) is 4.23. The summed E-state index contributed by atoms with van der Waals surface area (Å²) in [6.45, 7) is 2.01. The van der Waals surface area contributed by atoms with Crippen LogP contribution in [-0.2, 0) is 0 Å². The summed E-state index contributed by atoms with van der Waals surface area (Å²) in [5.41, 5.74) is -1.57. The Hall–Kier alpha value is -3.04. The van der Waals surface area contributed by atoms with Crippen molar-refractivity contribution < 1.29 is 8.78 Å². The highest BCUT2D eigenvalue weighted by Crippen LogP contribution is 2.56. The lowest BCUT2D eigenvalue weighted by atomic mass is 9.52. The van der Waals surface area contributed by atoms with E-state index in [4.69, 9.17) is 5.41 Å². The van der Waals surface area contributed by atoms with Gasteiger partial charge in [0.05, 0.1) is 23.9 Å². The molecule has 130 valence electrons. The van der Waals surface area contributed by atoms with E-state index in [0.717, 1.165) is 18.6 Å². The highest BCUT2D eigenvalue weighted by atomic mass is 19.1. The summed E-state index contributed by atoms with van der Waals surface area (Å²) in [6.07, 6.45) is 3.18. The van der Waals surface area contributed by atoms with Gasteiger partial charge in [-0.2, -0.15) is 15.8 Å². The molecule has 26 heavy (non-hydrogen) atoms. The number of rotatable bonds is 1. The molecule has 4 atom stereocenters. The van der Waals surface area contributed by atoms with E-state index in [1.54, 1.807) is 0 Å². The van der Waals surface area contributed by atoms with Crippen LogP contribution in [0.3, 0.4) is 0 Å². The molecule has 0 aromatic heterocycles. The first-order valence-corrected chi connectivity index (χ1v) is 8.35. The van der Waals surface area contributed by atoms with Crippen LogP contribution in [0.2, 0.25) is 0 Å². The highest BCUT2D eigenvalue weighted by molar-refractivity contribution is 6.00. The van der Waals surface area contributed by atoms with Crippen molar-refractivity contribution in [3.05, 3.63) is 47.0 Å². The Balaban J connectivity index is 2.30. The van der Waals surface area contributed by atoms with Crippen molar-refractivity contribution in [3.8, 4) is 18.2 Å². The lowest BCUT2D eigenvalue weighted by Gasteiger charge is -2.46. The fraction of sp³-hybridized carbons (Fsp3) is 0.400. The fourth-order valence-corrected chi connectivity index (χ4v) is 4.31. The van der Waals surface area contributed by atoms with Gasteiger partial charge in [0.1, 0.15) is 17.6 Å². The van der Waals surface area contributed by atoms with Gasteiger partial charge in [0.25, 0.3) is 0 Å². The Bertz CT molecular complexity index is 915. The van der Waals surface area contributed by atoms with Crippen molar-refractivity contribution in [2.75, 3.05) is 0 Å². The molecule has 2 aliphatic carbocycles. The predicted molar refractivity (Wildman–Crippen MR) is 89.6 cm³/mol. The maximum atomic E-state index is 14.6.